The van der Waals surface area contributed by atoms with E-state index >= 15 is 0 Å². The van der Waals surface area contributed by atoms with Crippen molar-refractivity contribution in [1.29, 1.82) is 5.41 Å². The number of hydrogen-bond donors (Lipinski definition) is 3. The molecule has 1 aromatic carbocycles. The highest BCUT2D eigenvalue weighted by Crippen LogP contribution is 2.13. The van der Waals surface area contributed by atoms with Gasteiger partial charge in [0.25, 0.3) is 0 Å². The summed E-state index contributed by atoms with van der Waals surface area (Å²) >= 11 is 0. The van der Waals surface area contributed by atoms with Gasteiger partial charge in [0.15, 0.2) is 0 Å². The Hall–Kier alpha value is -2.08. The number of amidine groups is 1. The highest BCUT2D eigenvalue weighted by atomic mass is 16.6. The molecule has 0 unspecified atom stereocenters. The summed E-state index contributed by atoms with van der Waals surface area (Å²) in [6, 6.07) is 6.76. The van der Waals surface area contributed by atoms with E-state index in [1.165, 1.54) is 0 Å². The second-order valence-electron chi connectivity index (χ2n) is 5.45. The smallest absolute Gasteiger partial charge is 0.413 e. The molecule has 0 aliphatic rings. The maximum Gasteiger partial charge on any atom is 0.413 e. The first-order chi connectivity index (χ1) is 9.81. The monoisotopic (exact) mass is 294 g/mol. The first-order valence-corrected chi connectivity index (χ1v) is 6.74. The Labute approximate surface area is 124 Å². The number of alkyl carbamates (subject to hydrolysis) is 1. The van der Waals surface area contributed by atoms with E-state index in [0.717, 1.165) is 0 Å². The van der Waals surface area contributed by atoms with E-state index in [1.54, 1.807) is 45.0 Å². The van der Waals surface area contributed by atoms with Gasteiger partial charge in [0.2, 0.25) is 0 Å². The quantitative estimate of drug-likeness (QED) is 0.441. The van der Waals surface area contributed by atoms with Crippen molar-refractivity contribution < 1.29 is 19.4 Å². The number of benzene rings is 1. The van der Waals surface area contributed by atoms with Crippen molar-refractivity contribution in [3.63, 3.8) is 0 Å². The second-order valence-corrected chi connectivity index (χ2v) is 5.45. The van der Waals surface area contributed by atoms with Crippen LogP contribution in [-0.2, 0) is 4.74 Å². The molecule has 3 N–H and O–H groups in total. The minimum absolute atomic E-state index is 0.0360. The van der Waals surface area contributed by atoms with Gasteiger partial charge in [-0.15, -0.1) is 0 Å². The maximum absolute atomic E-state index is 11.6. The van der Waals surface area contributed by atoms with Gasteiger partial charge in [-0.05, 0) is 45.0 Å². The van der Waals surface area contributed by atoms with E-state index in [2.05, 4.69) is 5.32 Å². The highest BCUT2D eigenvalue weighted by molar-refractivity contribution is 6.04. The molecule has 0 saturated carbocycles. The third-order valence-corrected chi connectivity index (χ3v) is 2.34. The molecule has 0 spiro atoms. The molecule has 6 heteroatoms. The van der Waals surface area contributed by atoms with Crippen molar-refractivity contribution in [2.24, 2.45) is 0 Å². The van der Waals surface area contributed by atoms with Crippen molar-refractivity contribution in [2.45, 2.75) is 32.8 Å². The third-order valence-electron chi connectivity index (χ3n) is 2.34. The van der Waals surface area contributed by atoms with Gasteiger partial charge in [-0.3, -0.25) is 10.7 Å². The van der Waals surface area contributed by atoms with Crippen molar-refractivity contribution in [3.8, 4) is 5.75 Å². The lowest BCUT2D eigenvalue weighted by atomic mass is 10.2. The van der Waals surface area contributed by atoms with Crippen LogP contribution in [0.2, 0.25) is 0 Å². The van der Waals surface area contributed by atoms with Gasteiger partial charge in [-0.2, -0.15) is 0 Å². The Kier molecular flexibility index (Phi) is 6.17. The van der Waals surface area contributed by atoms with Crippen molar-refractivity contribution >= 4 is 11.9 Å². The first-order valence-electron chi connectivity index (χ1n) is 6.74. The summed E-state index contributed by atoms with van der Waals surface area (Å²) in [7, 11) is 0. The van der Waals surface area contributed by atoms with Crippen LogP contribution in [0.5, 0.6) is 5.75 Å². The van der Waals surface area contributed by atoms with E-state index in [1.807, 2.05) is 0 Å². The summed E-state index contributed by atoms with van der Waals surface area (Å²) in [6.45, 7) is 5.80. The third kappa shape index (κ3) is 6.76. The van der Waals surface area contributed by atoms with Crippen molar-refractivity contribution in [2.75, 3.05) is 13.2 Å². The molecule has 116 valence electrons. The Balaban J connectivity index is 2.53. The zero-order valence-electron chi connectivity index (χ0n) is 12.6. The SMILES string of the molecule is CC(C)(C)OC(=O)NC(=N)c1ccc(OCCCO)cc1. The highest BCUT2D eigenvalue weighted by Gasteiger charge is 2.17. The normalized spacial score (nSPS) is 10.9. The van der Waals surface area contributed by atoms with Crippen LogP contribution < -0.4 is 10.1 Å². The summed E-state index contributed by atoms with van der Waals surface area (Å²) in [4.78, 5) is 11.6. The number of aliphatic hydroxyl groups excluding tert-OH is 1. The number of hydrogen-bond acceptors (Lipinski definition) is 5. The van der Waals surface area contributed by atoms with E-state index in [-0.39, 0.29) is 12.4 Å². The number of ether oxygens (including phenoxy) is 2. The first kappa shape index (κ1) is 17.0. The van der Waals surface area contributed by atoms with Crippen molar-refractivity contribution in [1.82, 2.24) is 5.32 Å². The minimum Gasteiger partial charge on any atom is -0.494 e. The van der Waals surface area contributed by atoms with Gasteiger partial charge in [0.05, 0.1) is 6.61 Å². The van der Waals surface area contributed by atoms with Crippen molar-refractivity contribution in [3.05, 3.63) is 29.8 Å². The van der Waals surface area contributed by atoms with Crippen LogP contribution in [0.1, 0.15) is 32.8 Å². The Morgan fingerprint density at radius 3 is 2.43 bits per heavy atom. The number of carbonyl (C=O) groups excluding carboxylic acids is 1. The molecular weight excluding hydrogens is 272 g/mol. The predicted molar refractivity (Wildman–Crippen MR) is 79.8 cm³/mol. The number of amides is 1. The lowest BCUT2D eigenvalue weighted by Gasteiger charge is -2.19. The van der Waals surface area contributed by atoms with Gasteiger partial charge < -0.3 is 14.6 Å². The van der Waals surface area contributed by atoms with E-state index < -0.39 is 11.7 Å². The number of carbonyl (C=O) groups is 1. The summed E-state index contributed by atoms with van der Waals surface area (Å²) in [5, 5.41) is 18.9. The molecule has 0 bridgehead atoms. The molecule has 0 aliphatic heterocycles. The lowest BCUT2D eigenvalue weighted by molar-refractivity contribution is 0.0563. The fraction of sp³-hybridized carbons (Fsp3) is 0.467. The molecule has 0 fully saturated rings. The van der Waals surface area contributed by atoms with Crippen LogP contribution >= 0.6 is 0 Å². The molecule has 1 rings (SSSR count). The number of rotatable bonds is 5. The molecule has 0 aromatic heterocycles. The zero-order valence-corrected chi connectivity index (χ0v) is 12.6. The van der Waals surface area contributed by atoms with Crippen LogP contribution in [0, 0.1) is 5.41 Å². The fourth-order valence-electron chi connectivity index (χ4n) is 1.45. The molecule has 0 radical (unpaired) electrons. The molecule has 0 saturated heterocycles. The molecule has 21 heavy (non-hydrogen) atoms. The van der Waals surface area contributed by atoms with Crippen LogP contribution in [0.25, 0.3) is 0 Å². The van der Waals surface area contributed by atoms with Gasteiger partial charge in [-0.1, -0.05) is 0 Å². The Morgan fingerprint density at radius 1 is 1.29 bits per heavy atom. The van der Waals surface area contributed by atoms with Crippen LogP contribution in [0.15, 0.2) is 24.3 Å². The largest absolute Gasteiger partial charge is 0.494 e. The van der Waals surface area contributed by atoms with E-state index in [4.69, 9.17) is 20.0 Å². The topological polar surface area (TPSA) is 91.6 Å². The predicted octanol–water partition coefficient (Wildman–Crippen LogP) is 2.30. The fourth-order valence-corrected chi connectivity index (χ4v) is 1.45. The molecule has 0 atom stereocenters. The van der Waals surface area contributed by atoms with E-state index in [9.17, 15) is 4.79 Å². The zero-order chi connectivity index (χ0) is 15.9. The molecule has 0 aliphatic carbocycles. The second kappa shape index (κ2) is 7.64. The number of aliphatic hydroxyl groups is 1. The molecule has 6 nitrogen and oxygen atoms in total. The number of nitrogens with one attached hydrogen (secondary N) is 2. The summed E-state index contributed by atoms with van der Waals surface area (Å²) in [5.41, 5.74) is -0.0511. The molecule has 0 heterocycles. The molecule has 1 amide bonds. The lowest BCUT2D eigenvalue weighted by Crippen LogP contribution is -2.36. The van der Waals surface area contributed by atoms with Crippen LogP contribution in [0.4, 0.5) is 4.79 Å². The van der Waals surface area contributed by atoms with Crippen LogP contribution in [-0.4, -0.2) is 35.9 Å². The molecule has 1 aromatic rings. The van der Waals surface area contributed by atoms with E-state index in [0.29, 0.717) is 24.3 Å². The summed E-state index contributed by atoms with van der Waals surface area (Å²) < 4.78 is 10.5. The Bertz CT molecular complexity index is 477. The summed E-state index contributed by atoms with van der Waals surface area (Å²) in [5.74, 6) is 0.614. The Morgan fingerprint density at radius 2 is 1.90 bits per heavy atom. The van der Waals surface area contributed by atoms with Gasteiger partial charge in [-0.25, -0.2) is 4.79 Å². The standard InChI is InChI=1S/C15H22N2O4/c1-15(2,3)21-14(19)17-13(16)11-5-7-12(8-6-11)20-10-4-9-18/h5-8,18H,4,9-10H2,1-3H3,(H2,16,17,19). The van der Waals surface area contributed by atoms with Gasteiger partial charge in [0.1, 0.15) is 17.2 Å². The van der Waals surface area contributed by atoms with Gasteiger partial charge in [0, 0.05) is 18.6 Å². The average Bonchev–Trinajstić information content (AvgIpc) is 2.37. The minimum atomic E-state index is -0.657. The maximum atomic E-state index is 11.6. The van der Waals surface area contributed by atoms with Gasteiger partial charge >= 0.3 is 6.09 Å². The summed E-state index contributed by atoms with van der Waals surface area (Å²) in [6.07, 6.45) is -0.0895. The average molecular weight is 294 g/mol. The molecular formula is C15H22N2O4. The van der Waals surface area contributed by atoms with Crippen LogP contribution in [0.3, 0.4) is 0 Å².